The van der Waals surface area contributed by atoms with E-state index in [-0.39, 0.29) is 0 Å². The van der Waals surface area contributed by atoms with Crippen LogP contribution in [0.15, 0.2) is 41.2 Å². The summed E-state index contributed by atoms with van der Waals surface area (Å²) < 4.78 is 4.50. The van der Waals surface area contributed by atoms with Gasteiger partial charge in [0.25, 0.3) is 5.79 Å². The first-order valence-electron chi connectivity index (χ1n) is 10.8. The van der Waals surface area contributed by atoms with Crippen LogP contribution in [-0.2, 0) is 9.53 Å². The largest absolute Gasteiger partial charge is 0.465 e. The van der Waals surface area contributed by atoms with Gasteiger partial charge in [-0.05, 0) is 62.7 Å². The number of carbonyl (C=O) groups is 1. The molecular formula is C24H38O4. The molecule has 0 radical (unpaired) electrons. The van der Waals surface area contributed by atoms with Gasteiger partial charge >= 0.3 is 5.97 Å². The highest BCUT2D eigenvalue weighted by atomic mass is 16.6. The van der Waals surface area contributed by atoms with Crippen LogP contribution in [0.1, 0.15) is 84.5 Å². The first-order valence-corrected chi connectivity index (χ1v) is 10.8. The third-order valence-electron chi connectivity index (χ3n) is 5.29. The number of carbonyl (C=O) groups excluding carboxylic acids is 1. The zero-order valence-electron chi connectivity index (χ0n) is 17.9. The summed E-state index contributed by atoms with van der Waals surface area (Å²) in [6.07, 6.45) is 19.8. The number of hydrogen-bond donors (Lipinski definition) is 2. The summed E-state index contributed by atoms with van der Waals surface area (Å²) >= 11 is 0. The van der Waals surface area contributed by atoms with E-state index in [4.69, 9.17) is 0 Å². The molecule has 0 fully saturated rings. The highest BCUT2D eigenvalue weighted by Crippen LogP contribution is 2.30. The van der Waals surface area contributed by atoms with Crippen molar-refractivity contribution in [3.05, 3.63) is 41.2 Å². The first-order chi connectivity index (χ1) is 13.5. The number of unbranched alkanes of at least 4 members (excludes halogenated alkanes) is 4. The number of rotatable bonds is 13. The van der Waals surface area contributed by atoms with Gasteiger partial charge in [-0.15, -0.1) is 5.73 Å². The Morgan fingerprint density at radius 2 is 2.00 bits per heavy atom. The SMILES string of the molecule is CCCCCCC=CC1=C(CC=C=CC(CCC)C(O)(O)C(=O)OC)CCC1. The molecule has 4 heteroatoms. The average Bonchev–Trinajstić information content (AvgIpc) is 3.13. The van der Waals surface area contributed by atoms with E-state index in [1.807, 2.05) is 13.0 Å². The Labute approximate surface area is 170 Å². The van der Waals surface area contributed by atoms with Crippen LogP contribution < -0.4 is 0 Å². The summed E-state index contributed by atoms with van der Waals surface area (Å²) in [4.78, 5) is 11.6. The lowest BCUT2D eigenvalue weighted by molar-refractivity contribution is -0.220. The molecule has 1 rings (SSSR count). The summed E-state index contributed by atoms with van der Waals surface area (Å²) in [6.45, 7) is 4.16. The number of aliphatic hydroxyl groups is 2. The fourth-order valence-corrected chi connectivity index (χ4v) is 3.56. The summed E-state index contributed by atoms with van der Waals surface area (Å²) in [6, 6.07) is 0. The van der Waals surface area contributed by atoms with Gasteiger partial charge in [0.2, 0.25) is 0 Å². The molecule has 0 amide bonds. The minimum Gasteiger partial charge on any atom is -0.465 e. The van der Waals surface area contributed by atoms with E-state index in [0.717, 1.165) is 39.2 Å². The Morgan fingerprint density at radius 3 is 2.68 bits per heavy atom. The maximum atomic E-state index is 11.6. The van der Waals surface area contributed by atoms with Crippen molar-refractivity contribution >= 4 is 5.97 Å². The van der Waals surface area contributed by atoms with E-state index in [2.05, 4.69) is 29.5 Å². The van der Waals surface area contributed by atoms with Gasteiger partial charge in [0.15, 0.2) is 0 Å². The van der Waals surface area contributed by atoms with Crippen molar-refractivity contribution in [2.45, 2.75) is 90.3 Å². The number of ether oxygens (including phenoxy) is 1. The first kappa shape index (κ1) is 24.4. The minimum absolute atomic E-state index is 0.470. The quantitative estimate of drug-likeness (QED) is 0.192. The molecule has 2 N–H and O–H groups in total. The van der Waals surface area contributed by atoms with Crippen molar-refractivity contribution in [3.8, 4) is 0 Å². The fourth-order valence-electron chi connectivity index (χ4n) is 3.56. The van der Waals surface area contributed by atoms with Crippen molar-refractivity contribution < 1.29 is 19.7 Å². The number of esters is 1. The zero-order valence-corrected chi connectivity index (χ0v) is 17.9. The molecule has 0 saturated heterocycles. The van der Waals surface area contributed by atoms with E-state index in [0.29, 0.717) is 6.42 Å². The van der Waals surface area contributed by atoms with Gasteiger partial charge < -0.3 is 14.9 Å². The van der Waals surface area contributed by atoms with E-state index in [1.54, 1.807) is 6.08 Å². The summed E-state index contributed by atoms with van der Waals surface area (Å²) in [5.41, 5.74) is 5.93. The van der Waals surface area contributed by atoms with Crippen LogP contribution in [0.3, 0.4) is 0 Å². The summed E-state index contributed by atoms with van der Waals surface area (Å²) in [7, 11) is 1.15. The third kappa shape index (κ3) is 8.18. The zero-order chi connectivity index (χ0) is 20.8. The summed E-state index contributed by atoms with van der Waals surface area (Å²) in [5, 5.41) is 20.2. The molecule has 1 aliphatic carbocycles. The normalized spacial score (nSPS) is 15.6. The van der Waals surface area contributed by atoms with Crippen LogP contribution in [0, 0.1) is 5.92 Å². The third-order valence-corrected chi connectivity index (χ3v) is 5.29. The Morgan fingerprint density at radius 1 is 1.21 bits per heavy atom. The minimum atomic E-state index is -2.51. The van der Waals surface area contributed by atoms with Crippen LogP contribution in [0.5, 0.6) is 0 Å². The van der Waals surface area contributed by atoms with Crippen molar-refractivity contribution in [1.29, 1.82) is 0 Å². The maximum Gasteiger partial charge on any atom is 0.366 e. The molecule has 1 atom stereocenters. The molecule has 1 aliphatic rings. The molecule has 0 aliphatic heterocycles. The second-order valence-corrected chi connectivity index (χ2v) is 7.59. The molecule has 28 heavy (non-hydrogen) atoms. The van der Waals surface area contributed by atoms with Crippen molar-refractivity contribution in [2.24, 2.45) is 5.92 Å². The molecular weight excluding hydrogens is 352 g/mol. The molecule has 0 saturated carbocycles. The monoisotopic (exact) mass is 390 g/mol. The van der Waals surface area contributed by atoms with Crippen LogP contribution in [0.4, 0.5) is 0 Å². The lowest BCUT2D eigenvalue weighted by atomic mass is 9.93. The molecule has 0 heterocycles. The Bertz CT molecular complexity index is 592. The van der Waals surface area contributed by atoms with Gasteiger partial charge in [-0.25, -0.2) is 4.79 Å². The fraction of sp³-hybridized carbons (Fsp3) is 0.667. The van der Waals surface area contributed by atoms with Crippen LogP contribution >= 0.6 is 0 Å². The van der Waals surface area contributed by atoms with Crippen molar-refractivity contribution in [3.63, 3.8) is 0 Å². The maximum absolute atomic E-state index is 11.6. The van der Waals surface area contributed by atoms with Gasteiger partial charge in [-0.2, -0.15) is 0 Å². The van der Waals surface area contributed by atoms with E-state index < -0.39 is 17.7 Å². The van der Waals surface area contributed by atoms with Gasteiger partial charge in [0, 0.05) is 5.92 Å². The van der Waals surface area contributed by atoms with Crippen LogP contribution in [0.25, 0.3) is 0 Å². The van der Waals surface area contributed by atoms with Crippen molar-refractivity contribution in [2.75, 3.05) is 7.11 Å². The molecule has 158 valence electrons. The predicted octanol–water partition coefficient (Wildman–Crippen LogP) is 5.37. The van der Waals surface area contributed by atoms with Gasteiger partial charge in [-0.3, -0.25) is 0 Å². The number of methoxy groups -OCH3 is 1. The lowest BCUT2D eigenvalue weighted by Gasteiger charge is -2.25. The van der Waals surface area contributed by atoms with Crippen molar-refractivity contribution in [1.82, 2.24) is 0 Å². The van der Waals surface area contributed by atoms with Gasteiger partial charge in [-0.1, -0.05) is 57.3 Å². The molecule has 0 spiro atoms. The molecule has 1 unspecified atom stereocenters. The van der Waals surface area contributed by atoms with E-state index >= 15 is 0 Å². The molecule has 4 nitrogen and oxygen atoms in total. The number of hydrogen-bond acceptors (Lipinski definition) is 4. The van der Waals surface area contributed by atoms with Crippen LogP contribution in [0.2, 0.25) is 0 Å². The van der Waals surface area contributed by atoms with E-state index in [1.165, 1.54) is 43.3 Å². The average molecular weight is 391 g/mol. The number of allylic oxidation sites excluding steroid dienone is 4. The smallest absolute Gasteiger partial charge is 0.366 e. The predicted molar refractivity (Wildman–Crippen MR) is 114 cm³/mol. The standard InChI is InChI=1S/C24H38O4/c1-4-6-7-8-9-10-15-20-17-13-18-21(20)16-11-12-19-22(14-5-2)24(26,27)23(25)28-3/h10-11,15,19,22,26-27H,4-9,13-14,16-18H2,1-3H3. The lowest BCUT2D eigenvalue weighted by Crippen LogP contribution is -2.45. The highest BCUT2D eigenvalue weighted by molar-refractivity contribution is 5.77. The second-order valence-electron chi connectivity index (χ2n) is 7.59. The second kappa shape index (κ2) is 13.5. The van der Waals surface area contributed by atoms with Gasteiger partial charge in [0.05, 0.1) is 7.11 Å². The van der Waals surface area contributed by atoms with E-state index in [9.17, 15) is 15.0 Å². The summed E-state index contributed by atoms with van der Waals surface area (Å²) in [5.74, 6) is -4.28. The topological polar surface area (TPSA) is 66.8 Å². The molecule has 0 aromatic heterocycles. The highest BCUT2D eigenvalue weighted by Gasteiger charge is 2.41. The molecule has 0 aromatic rings. The van der Waals surface area contributed by atoms with Crippen LogP contribution in [-0.4, -0.2) is 29.1 Å². The van der Waals surface area contributed by atoms with Gasteiger partial charge in [0.1, 0.15) is 0 Å². The molecule has 0 aromatic carbocycles. The Balaban J connectivity index is 2.68. The Hall–Kier alpha value is -1.61. The molecule has 0 bridgehead atoms. The Kier molecular flexibility index (Phi) is 11.8.